The van der Waals surface area contributed by atoms with Crippen molar-refractivity contribution >= 4 is 6.09 Å². The minimum atomic E-state index is -0.295. The molecule has 14 heavy (non-hydrogen) atoms. The van der Waals surface area contributed by atoms with Crippen LogP contribution in [0, 0.1) is 5.92 Å². The average molecular weight is 200 g/mol. The molecule has 1 rings (SSSR count). The zero-order chi connectivity index (χ0) is 10.2. The zero-order valence-electron chi connectivity index (χ0n) is 8.84. The van der Waals surface area contributed by atoms with Crippen LogP contribution in [0.25, 0.3) is 0 Å². The number of carbonyl (C=O) groups excluding carboxylic acids is 1. The van der Waals surface area contributed by atoms with E-state index in [4.69, 9.17) is 4.74 Å². The Morgan fingerprint density at radius 2 is 2.50 bits per heavy atom. The fraction of sp³-hybridized carbons (Fsp3) is 0.900. The normalized spacial score (nSPS) is 21.6. The molecule has 1 aliphatic heterocycles. The molecule has 0 aromatic carbocycles. The lowest BCUT2D eigenvalue weighted by atomic mass is 9.97. The molecule has 1 saturated heterocycles. The van der Waals surface area contributed by atoms with E-state index in [1.54, 1.807) is 0 Å². The molecular weight excluding hydrogens is 180 g/mol. The smallest absolute Gasteiger partial charge is 0.407 e. The van der Waals surface area contributed by atoms with E-state index >= 15 is 0 Å². The van der Waals surface area contributed by atoms with E-state index in [0.29, 0.717) is 19.1 Å². The van der Waals surface area contributed by atoms with Crippen LogP contribution in [0.4, 0.5) is 4.79 Å². The molecule has 82 valence electrons. The summed E-state index contributed by atoms with van der Waals surface area (Å²) in [5.41, 5.74) is 0. The predicted octanol–water partition coefficient (Wildman–Crippen LogP) is 1.12. The van der Waals surface area contributed by atoms with Crippen molar-refractivity contribution in [3.05, 3.63) is 0 Å². The Kier molecular flexibility index (Phi) is 5.37. The van der Waals surface area contributed by atoms with Crippen LogP contribution in [-0.4, -0.2) is 32.3 Å². The number of piperidine rings is 1. The van der Waals surface area contributed by atoms with Gasteiger partial charge in [-0.25, -0.2) is 4.79 Å². The monoisotopic (exact) mass is 200 g/mol. The van der Waals surface area contributed by atoms with Crippen molar-refractivity contribution in [1.29, 1.82) is 0 Å². The number of nitrogens with one attached hydrogen (secondary N) is 2. The Morgan fingerprint density at radius 1 is 1.64 bits per heavy atom. The van der Waals surface area contributed by atoms with Gasteiger partial charge < -0.3 is 15.4 Å². The molecule has 0 aliphatic carbocycles. The Bertz CT molecular complexity index is 168. The first kappa shape index (κ1) is 11.3. The van der Waals surface area contributed by atoms with Gasteiger partial charge in [0.05, 0.1) is 6.61 Å². The third-order valence-corrected chi connectivity index (χ3v) is 2.48. The number of carbonyl (C=O) groups is 1. The van der Waals surface area contributed by atoms with Crippen LogP contribution in [0.2, 0.25) is 0 Å². The molecule has 0 aromatic heterocycles. The fourth-order valence-corrected chi connectivity index (χ4v) is 1.68. The Balaban J connectivity index is 1.99. The van der Waals surface area contributed by atoms with Crippen molar-refractivity contribution in [2.75, 3.05) is 26.2 Å². The molecule has 1 aliphatic rings. The van der Waals surface area contributed by atoms with Crippen LogP contribution < -0.4 is 10.6 Å². The van der Waals surface area contributed by atoms with E-state index in [-0.39, 0.29) is 6.09 Å². The zero-order valence-corrected chi connectivity index (χ0v) is 8.84. The summed E-state index contributed by atoms with van der Waals surface area (Å²) in [6.07, 6.45) is 3.18. The van der Waals surface area contributed by atoms with Crippen LogP contribution in [0.15, 0.2) is 0 Å². The van der Waals surface area contributed by atoms with Gasteiger partial charge in [-0.1, -0.05) is 0 Å². The maximum absolute atomic E-state index is 10.9. The largest absolute Gasteiger partial charge is 0.450 e. The summed E-state index contributed by atoms with van der Waals surface area (Å²) in [6.45, 7) is 5.25. The fourth-order valence-electron chi connectivity index (χ4n) is 1.68. The van der Waals surface area contributed by atoms with Gasteiger partial charge in [0.1, 0.15) is 0 Å². The molecule has 4 heteroatoms. The molecule has 4 nitrogen and oxygen atoms in total. The van der Waals surface area contributed by atoms with Gasteiger partial charge >= 0.3 is 6.09 Å². The molecule has 0 aromatic rings. The highest BCUT2D eigenvalue weighted by Gasteiger charge is 2.13. The molecule has 1 unspecified atom stereocenters. The topological polar surface area (TPSA) is 50.4 Å². The lowest BCUT2D eigenvalue weighted by molar-refractivity contribution is 0.136. The van der Waals surface area contributed by atoms with E-state index < -0.39 is 0 Å². The summed E-state index contributed by atoms with van der Waals surface area (Å²) < 4.78 is 5.01. The number of rotatable bonds is 4. The van der Waals surface area contributed by atoms with Gasteiger partial charge in [0.2, 0.25) is 0 Å². The van der Waals surface area contributed by atoms with Crippen molar-refractivity contribution in [2.24, 2.45) is 5.92 Å². The van der Waals surface area contributed by atoms with Crippen molar-refractivity contribution in [2.45, 2.75) is 26.2 Å². The number of amides is 1. The van der Waals surface area contributed by atoms with Gasteiger partial charge in [-0.3, -0.25) is 0 Å². The van der Waals surface area contributed by atoms with Gasteiger partial charge in [-0.15, -0.1) is 0 Å². The molecule has 0 bridgehead atoms. The Morgan fingerprint density at radius 3 is 3.14 bits per heavy atom. The van der Waals surface area contributed by atoms with Crippen molar-refractivity contribution in [3.63, 3.8) is 0 Å². The van der Waals surface area contributed by atoms with Crippen LogP contribution >= 0.6 is 0 Å². The lowest BCUT2D eigenvalue weighted by Gasteiger charge is -2.22. The summed E-state index contributed by atoms with van der Waals surface area (Å²) in [4.78, 5) is 10.9. The third kappa shape index (κ3) is 4.46. The van der Waals surface area contributed by atoms with E-state index in [1.807, 2.05) is 6.92 Å². The quantitative estimate of drug-likeness (QED) is 0.715. The van der Waals surface area contributed by atoms with Crippen molar-refractivity contribution in [1.82, 2.24) is 10.6 Å². The minimum Gasteiger partial charge on any atom is -0.450 e. The number of alkyl carbamates (subject to hydrolysis) is 1. The summed E-state index contributed by atoms with van der Waals surface area (Å²) in [5.74, 6) is 0.679. The van der Waals surface area contributed by atoms with Crippen LogP contribution in [-0.2, 0) is 4.74 Å². The first-order valence-corrected chi connectivity index (χ1v) is 5.44. The van der Waals surface area contributed by atoms with Gasteiger partial charge in [0, 0.05) is 6.54 Å². The second-order valence-electron chi connectivity index (χ2n) is 3.67. The predicted molar refractivity (Wildman–Crippen MR) is 55.2 cm³/mol. The lowest BCUT2D eigenvalue weighted by Crippen LogP contribution is -2.31. The van der Waals surface area contributed by atoms with E-state index in [9.17, 15) is 4.79 Å². The summed E-state index contributed by atoms with van der Waals surface area (Å²) in [6, 6.07) is 0. The molecule has 1 amide bonds. The Labute approximate surface area is 85.4 Å². The molecule has 0 radical (unpaired) electrons. The highest BCUT2D eigenvalue weighted by molar-refractivity contribution is 5.66. The highest BCUT2D eigenvalue weighted by Crippen LogP contribution is 2.13. The van der Waals surface area contributed by atoms with Crippen LogP contribution in [0.5, 0.6) is 0 Å². The highest BCUT2D eigenvalue weighted by atomic mass is 16.5. The third-order valence-electron chi connectivity index (χ3n) is 2.48. The average Bonchev–Trinajstić information content (AvgIpc) is 2.20. The summed E-state index contributed by atoms with van der Waals surface area (Å²) >= 11 is 0. The van der Waals surface area contributed by atoms with Crippen molar-refractivity contribution in [3.8, 4) is 0 Å². The number of hydrogen-bond donors (Lipinski definition) is 2. The number of ether oxygens (including phenoxy) is 1. The first-order chi connectivity index (χ1) is 6.83. The Hall–Kier alpha value is -0.770. The van der Waals surface area contributed by atoms with Gasteiger partial charge in [0.15, 0.2) is 0 Å². The molecule has 1 atom stereocenters. The SMILES string of the molecule is CCNC(=O)OCCC1CCCNC1. The number of hydrogen-bond acceptors (Lipinski definition) is 3. The second kappa shape index (κ2) is 6.65. The maximum Gasteiger partial charge on any atom is 0.407 e. The molecular formula is C10H20N2O2. The van der Waals surface area contributed by atoms with Gasteiger partial charge in [-0.2, -0.15) is 0 Å². The second-order valence-corrected chi connectivity index (χ2v) is 3.67. The standard InChI is InChI=1S/C10H20N2O2/c1-2-12-10(13)14-7-5-9-4-3-6-11-8-9/h9,11H,2-8H2,1H3,(H,12,13). The van der Waals surface area contributed by atoms with E-state index in [0.717, 1.165) is 19.5 Å². The van der Waals surface area contributed by atoms with Gasteiger partial charge in [-0.05, 0) is 45.2 Å². The maximum atomic E-state index is 10.9. The van der Waals surface area contributed by atoms with Gasteiger partial charge in [0.25, 0.3) is 0 Å². The summed E-state index contributed by atoms with van der Waals surface area (Å²) in [7, 11) is 0. The van der Waals surface area contributed by atoms with E-state index in [2.05, 4.69) is 10.6 Å². The van der Waals surface area contributed by atoms with Crippen LogP contribution in [0.1, 0.15) is 26.2 Å². The molecule has 1 fully saturated rings. The molecule has 2 N–H and O–H groups in total. The van der Waals surface area contributed by atoms with Crippen molar-refractivity contribution < 1.29 is 9.53 Å². The van der Waals surface area contributed by atoms with E-state index in [1.165, 1.54) is 12.8 Å². The molecule has 1 heterocycles. The minimum absolute atomic E-state index is 0.295. The first-order valence-electron chi connectivity index (χ1n) is 5.44. The molecule has 0 saturated carbocycles. The summed E-state index contributed by atoms with van der Waals surface area (Å²) in [5, 5.41) is 5.95. The van der Waals surface area contributed by atoms with Crippen LogP contribution in [0.3, 0.4) is 0 Å². The molecule has 0 spiro atoms.